The zero-order valence-electron chi connectivity index (χ0n) is 11.0. The number of pyridine rings is 1. The Labute approximate surface area is 126 Å². The molecule has 1 heterocycles. The molecule has 0 aliphatic carbocycles. The maximum absolute atomic E-state index is 11.1. The molecule has 0 saturated carbocycles. The fraction of sp³-hybridized carbons (Fsp3) is 0.154. The molecule has 1 aromatic carbocycles. The summed E-state index contributed by atoms with van der Waals surface area (Å²) in [4.78, 5) is 4.16. The van der Waals surface area contributed by atoms with Crippen LogP contribution in [0.4, 0.5) is 17.2 Å². The van der Waals surface area contributed by atoms with Gasteiger partial charge in [-0.15, -0.1) is 0 Å². The van der Waals surface area contributed by atoms with E-state index in [1.807, 2.05) is 25.1 Å². The minimum Gasteiger partial charge on any atom is -0.339 e. The number of aryl methyl sites for hydroxylation is 1. The van der Waals surface area contributed by atoms with Crippen molar-refractivity contribution in [1.82, 2.24) is 4.98 Å². The summed E-state index contributed by atoms with van der Waals surface area (Å²) in [6.45, 7) is 2.01. The third-order valence-corrected chi connectivity index (χ3v) is 3.72. The Hall–Kier alpha value is -1.60. The van der Waals surface area contributed by atoms with Crippen molar-refractivity contribution in [3.05, 3.63) is 46.6 Å². The van der Waals surface area contributed by atoms with Gasteiger partial charge in [0.05, 0.1) is 23.8 Å². The molecule has 0 fully saturated rings. The monoisotopic (exact) mass is 355 g/mol. The van der Waals surface area contributed by atoms with Gasteiger partial charge in [-0.2, -0.15) is 0 Å². The van der Waals surface area contributed by atoms with Gasteiger partial charge in [0.2, 0.25) is 10.0 Å². The Morgan fingerprint density at radius 2 is 1.95 bits per heavy atom. The van der Waals surface area contributed by atoms with E-state index >= 15 is 0 Å². The van der Waals surface area contributed by atoms with Crippen LogP contribution in [0.2, 0.25) is 0 Å². The van der Waals surface area contributed by atoms with E-state index in [1.54, 1.807) is 12.1 Å². The van der Waals surface area contributed by atoms with Crippen LogP contribution in [-0.2, 0) is 10.0 Å². The van der Waals surface area contributed by atoms with Crippen molar-refractivity contribution in [2.24, 2.45) is 0 Å². The molecule has 1 aromatic heterocycles. The number of anilines is 3. The fourth-order valence-corrected chi connectivity index (χ4v) is 2.74. The summed E-state index contributed by atoms with van der Waals surface area (Å²) in [5.41, 5.74) is 2.48. The summed E-state index contributed by atoms with van der Waals surface area (Å²) in [5.74, 6) is 0.633. The van der Waals surface area contributed by atoms with Crippen LogP contribution in [0.3, 0.4) is 0 Å². The average Bonchev–Trinajstić information content (AvgIpc) is 2.33. The van der Waals surface area contributed by atoms with Crippen molar-refractivity contribution in [1.29, 1.82) is 0 Å². The van der Waals surface area contributed by atoms with Crippen LogP contribution < -0.4 is 10.0 Å². The third kappa shape index (κ3) is 4.21. The number of rotatable bonds is 4. The summed E-state index contributed by atoms with van der Waals surface area (Å²) in [5, 5.41) is 3.15. The molecule has 0 spiro atoms. The number of benzene rings is 1. The van der Waals surface area contributed by atoms with Gasteiger partial charge in [-0.05, 0) is 52.7 Å². The molecular weight excluding hydrogens is 342 g/mol. The number of halogens is 1. The highest BCUT2D eigenvalue weighted by Crippen LogP contribution is 2.26. The van der Waals surface area contributed by atoms with E-state index in [1.165, 1.54) is 6.20 Å². The Bertz CT molecular complexity index is 715. The number of hydrogen-bond acceptors (Lipinski definition) is 4. The number of aromatic nitrogens is 1. The molecule has 0 unspecified atom stereocenters. The lowest BCUT2D eigenvalue weighted by Crippen LogP contribution is -2.09. The normalized spacial score (nSPS) is 11.2. The van der Waals surface area contributed by atoms with Gasteiger partial charge >= 0.3 is 0 Å². The van der Waals surface area contributed by atoms with Crippen molar-refractivity contribution < 1.29 is 8.42 Å². The van der Waals surface area contributed by atoms with Gasteiger partial charge in [0.15, 0.2) is 0 Å². The minimum atomic E-state index is -3.28. The van der Waals surface area contributed by atoms with E-state index in [0.29, 0.717) is 11.5 Å². The van der Waals surface area contributed by atoms with Crippen molar-refractivity contribution in [2.75, 3.05) is 16.3 Å². The largest absolute Gasteiger partial charge is 0.339 e. The molecule has 106 valence electrons. The molecule has 0 amide bonds. The van der Waals surface area contributed by atoms with Crippen LogP contribution in [0.1, 0.15) is 5.56 Å². The second-order valence-corrected chi connectivity index (χ2v) is 7.02. The van der Waals surface area contributed by atoms with E-state index in [-0.39, 0.29) is 0 Å². The number of nitrogens with zero attached hydrogens (tertiary/aromatic N) is 1. The summed E-state index contributed by atoms with van der Waals surface area (Å²) in [6, 6.07) is 9.30. The van der Waals surface area contributed by atoms with Crippen LogP contribution >= 0.6 is 15.9 Å². The molecule has 0 bridgehead atoms. The summed E-state index contributed by atoms with van der Waals surface area (Å²) < 4.78 is 25.5. The van der Waals surface area contributed by atoms with Gasteiger partial charge in [0, 0.05) is 4.47 Å². The van der Waals surface area contributed by atoms with Gasteiger partial charge in [-0.3, -0.25) is 4.72 Å². The van der Waals surface area contributed by atoms with Crippen LogP contribution in [-0.4, -0.2) is 19.7 Å². The summed E-state index contributed by atoms with van der Waals surface area (Å²) in [6.07, 6.45) is 2.56. The molecule has 0 atom stereocenters. The maximum atomic E-state index is 11.1. The lowest BCUT2D eigenvalue weighted by molar-refractivity contribution is 0.607. The first-order valence-corrected chi connectivity index (χ1v) is 8.49. The Morgan fingerprint density at radius 3 is 2.50 bits per heavy atom. The predicted octanol–water partition coefficient (Wildman–Crippen LogP) is 3.27. The fourth-order valence-electron chi connectivity index (χ4n) is 1.60. The van der Waals surface area contributed by atoms with E-state index in [9.17, 15) is 8.42 Å². The number of nitrogens with one attached hydrogen (secondary N) is 2. The second kappa shape index (κ2) is 5.80. The smallest absolute Gasteiger partial charge is 0.229 e. The minimum absolute atomic E-state index is 0.432. The highest BCUT2D eigenvalue weighted by Gasteiger charge is 2.04. The van der Waals surface area contributed by atoms with Crippen molar-refractivity contribution >= 4 is 43.1 Å². The first kappa shape index (κ1) is 14.8. The Kier molecular flexibility index (Phi) is 4.29. The van der Waals surface area contributed by atoms with Crippen LogP contribution in [0, 0.1) is 6.92 Å². The van der Waals surface area contributed by atoms with E-state index in [4.69, 9.17) is 0 Å². The van der Waals surface area contributed by atoms with Gasteiger partial charge in [-0.1, -0.05) is 6.07 Å². The molecule has 2 rings (SSSR count). The third-order valence-electron chi connectivity index (χ3n) is 2.45. The highest BCUT2D eigenvalue weighted by molar-refractivity contribution is 9.10. The zero-order chi connectivity index (χ0) is 14.8. The van der Waals surface area contributed by atoms with Crippen molar-refractivity contribution in [3.8, 4) is 0 Å². The molecule has 0 aliphatic rings. The molecule has 0 radical (unpaired) electrons. The van der Waals surface area contributed by atoms with E-state index in [2.05, 4.69) is 31.0 Å². The summed E-state index contributed by atoms with van der Waals surface area (Å²) in [7, 11) is -3.28. The van der Waals surface area contributed by atoms with Crippen LogP contribution in [0.25, 0.3) is 0 Å². The standard InChI is InChI=1S/C13H14BrN3O2S/c1-9-3-5-12(11(14)7-9)16-13-6-4-10(8-15-13)17-20(2,18)19/h3-8,17H,1-2H3,(H,15,16). The van der Waals surface area contributed by atoms with Crippen LogP contribution in [0.5, 0.6) is 0 Å². The molecule has 5 nitrogen and oxygen atoms in total. The van der Waals surface area contributed by atoms with Gasteiger partial charge in [-0.25, -0.2) is 13.4 Å². The highest BCUT2D eigenvalue weighted by atomic mass is 79.9. The first-order chi connectivity index (χ1) is 9.33. The Morgan fingerprint density at radius 1 is 1.20 bits per heavy atom. The zero-order valence-corrected chi connectivity index (χ0v) is 13.4. The predicted molar refractivity (Wildman–Crippen MR) is 84.9 cm³/mol. The van der Waals surface area contributed by atoms with E-state index in [0.717, 1.165) is 22.0 Å². The van der Waals surface area contributed by atoms with Gasteiger partial charge in [0.1, 0.15) is 5.82 Å². The molecule has 7 heteroatoms. The molecule has 20 heavy (non-hydrogen) atoms. The lowest BCUT2D eigenvalue weighted by Gasteiger charge is -2.09. The Balaban J connectivity index is 2.14. The number of sulfonamides is 1. The SMILES string of the molecule is Cc1ccc(Nc2ccc(NS(C)(=O)=O)cn2)c(Br)c1. The molecule has 2 aromatic rings. The molecule has 2 N–H and O–H groups in total. The average molecular weight is 356 g/mol. The molecule has 0 aliphatic heterocycles. The van der Waals surface area contributed by atoms with Gasteiger partial charge < -0.3 is 5.32 Å². The molecular formula is C13H14BrN3O2S. The van der Waals surface area contributed by atoms with Crippen molar-refractivity contribution in [2.45, 2.75) is 6.92 Å². The molecule has 0 saturated heterocycles. The van der Waals surface area contributed by atoms with Crippen molar-refractivity contribution in [3.63, 3.8) is 0 Å². The number of hydrogen-bond donors (Lipinski definition) is 2. The second-order valence-electron chi connectivity index (χ2n) is 4.41. The maximum Gasteiger partial charge on any atom is 0.229 e. The van der Waals surface area contributed by atoms with Gasteiger partial charge in [0.25, 0.3) is 0 Å². The topological polar surface area (TPSA) is 71.1 Å². The van der Waals surface area contributed by atoms with Crippen LogP contribution in [0.15, 0.2) is 41.0 Å². The first-order valence-electron chi connectivity index (χ1n) is 5.80. The summed E-state index contributed by atoms with van der Waals surface area (Å²) >= 11 is 3.48. The van der Waals surface area contributed by atoms with E-state index < -0.39 is 10.0 Å². The quantitative estimate of drug-likeness (QED) is 0.882. The lowest BCUT2D eigenvalue weighted by atomic mass is 10.2.